The van der Waals surface area contributed by atoms with E-state index in [4.69, 9.17) is 4.74 Å². The molecule has 0 spiro atoms. The fourth-order valence-corrected chi connectivity index (χ4v) is 3.53. The molecule has 1 amide bonds. The number of ether oxygens (including phenoxy) is 1. The first-order valence-electron chi connectivity index (χ1n) is 9.58. The van der Waals surface area contributed by atoms with Crippen LogP contribution in [0.1, 0.15) is 41.3 Å². The van der Waals surface area contributed by atoms with Crippen LogP contribution in [-0.4, -0.2) is 24.5 Å². The molecule has 2 aromatic rings. The number of halogens is 1. The quantitative estimate of drug-likeness (QED) is 0.722. The monoisotopic (exact) mass is 368 g/mol. The fraction of sp³-hybridized carbons (Fsp3) is 0.409. The number of amides is 1. The zero-order chi connectivity index (χ0) is 18.6. The number of nitrogens with one attached hydrogen (secondary N) is 1. The highest BCUT2D eigenvalue weighted by molar-refractivity contribution is 5.46. The number of carbonyl (C=O) groups excluding carboxylic acids is 1. The van der Waals surface area contributed by atoms with Crippen LogP contribution in [0.3, 0.4) is 0 Å². The summed E-state index contributed by atoms with van der Waals surface area (Å²) in [5, 5.41) is 2.65. The standard InChI is InChI=1S/C22H25FN2O2/c23-22-13-25(11-17-3-1-16(2-4-17)10-24-15-26)12-19-7-8-20(9-21(19)22)27-14-18-5-6-18/h1-4,7-9,15,18,22H,5-6,10-14H2,(H,24,26). The van der Waals surface area contributed by atoms with Gasteiger partial charge in [0.1, 0.15) is 11.9 Å². The number of hydrogen-bond acceptors (Lipinski definition) is 3. The molecule has 1 atom stereocenters. The molecule has 4 rings (SSSR count). The van der Waals surface area contributed by atoms with Gasteiger partial charge in [0.15, 0.2) is 0 Å². The second kappa shape index (κ2) is 8.09. The highest BCUT2D eigenvalue weighted by atomic mass is 19.1. The Balaban J connectivity index is 1.38. The summed E-state index contributed by atoms with van der Waals surface area (Å²) in [6.07, 6.45) is 2.21. The highest BCUT2D eigenvalue weighted by Gasteiger charge is 2.26. The maximum Gasteiger partial charge on any atom is 0.207 e. The van der Waals surface area contributed by atoms with E-state index in [0.29, 0.717) is 32.0 Å². The van der Waals surface area contributed by atoms with E-state index in [1.165, 1.54) is 12.8 Å². The zero-order valence-corrected chi connectivity index (χ0v) is 15.4. The second-order valence-corrected chi connectivity index (χ2v) is 7.57. The molecular formula is C22H25FN2O2. The van der Waals surface area contributed by atoms with Gasteiger partial charge in [0.05, 0.1) is 6.61 Å². The number of alkyl halides is 1. The smallest absolute Gasteiger partial charge is 0.207 e. The van der Waals surface area contributed by atoms with Crippen LogP contribution in [0.5, 0.6) is 5.75 Å². The molecule has 1 unspecified atom stereocenters. The van der Waals surface area contributed by atoms with E-state index in [1.54, 1.807) is 0 Å². The molecule has 1 N–H and O–H groups in total. The largest absolute Gasteiger partial charge is 0.493 e. The molecule has 0 aromatic heterocycles. The second-order valence-electron chi connectivity index (χ2n) is 7.57. The predicted octanol–water partition coefficient (Wildman–Crippen LogP) is 3.75. The first-order valence-corrected chi connectivity index (χ1v) is 9.58. The van der Waals surface area contributed by atoms with Crippen molar-refractivity contribution in [3.8, 4) is 5.75 Å². The van der Waals surface area contributed by atoms with E-state index in [1.807, 2.05) is 42.5 Å². The third kappa shape index (κ3) is 4.66. The van der Waals surface area contributed by atoms with E-state index >= 15 is 0 Å². The van der Waals surface area contributed by atoms with Gasteiger partial charge in [-0.1, -0.05) is 30.3 Å². The first kappa shape index (κ1) is 18.0. The SMILES string of the molecule is O=CNCc1ccc(CN2Cc3ccc(OCC4CC4)cc3C(F)C2)cc1. The minimum atomic E-state index is -0.991. The molecule has 5 heteroatoms. The number of benzene rings is 2. The Labute approximate surface area is 159 Å². The molecule has 1 saturated carbocycles. The lowest BCUT2D eigenvalue weighted by Gasteiger charge is -2.31. The molecule has 27 heavy (non-hydrogen) atoms. The zero-order valence-electron chi connectivity index (χ0n) is 15.4. The Hall–Kier alpha value is -2.40. The van der Waals surface area contributed by atoms with Crippen LogP contribution >= 0.6 is 0 Å². The Kier molecular flexibility index (Phi) is 5.39. The van der Waals surface area contributed by atoms with Crippen molar-refractivity contribution in [2.24, 2.45) is 5.92 Å². The van der Waals surface area contributed by atoms with Crippen LogP contribution in [-0.2, 0) is 24.4 Å². The van der Waals surface area contributed by atoms with E-state index in [0.717, 1.165) is 41.2 Å². The molecule has 0 saturated heterocycles. The van der Waals surface area contributed by atoms with Crippen molar-refractivity contribution in [1.29, 1.82) is 0 Å². The normalized spacial score (nSPS) is 19.4. The number of rotatable bonds is 8. The van der Waals surface area contributed by atoms with Gasteiger partial charge in [-0.2, -0.15) is 0 Å². The molecule has 142 valence electrons. The van der Waals surface area contributed by atoms with Gasteiger partial charge in [0, 0.05) is 26.2 Å². The summed E-state index contributed by atoms with van der Waals surface area (Å²) in [6, 6.07) is 13.9. The molecule has 1 heterocycles. The summed E-state index contributed by atoms with van der Waals surface area (Å²) in [5.41, 5.74) is 4.01. The molecule has 0 radical (unpaired) electrons. The van der Waals surface area contributed by atoms with Crippen molar-refractivity contribution in [2.75, 3.05) is 13.2 Å². The Morgan fingerprint density at radius 2 is 1.93 bits per heavy atom. The van der Waals surface area contributed by atoms with Crippen molar-refractivity contribution in [1.82, 2.24) is 10.2 Å². The molecule has 1 fully saturated rings. The third-order valence-corrected chi connectivity index (χ3v) is 5.27. The molecule has 1 aliphatic heterocycles. The van der Waals surface area contributed by atoms with Crippen molar-refractivity contribution >= 4 is 6.41 Å². The van der Waals surface area contributed by atoms with E-state index in [2.05, 4.69) is 10.2 Å². The Bertz CT molecular complexity index is 789. The molecule has 2 aliphatic rings. The average molecular weight is 368 g/mol. The first-order chi connectivity index (χ1) is 13.2. The highest BCUT2D eigenvalue weighted by Crippen LogP contribution is 2.34. The number of hydrogen-bond donors (Lipinski definition) is 1. The minimum absolute atomic E-state index is 0.396. The molecule has 4 nitrogen and oxygen atoms in total. The van der Waals surface area contributed by atoms with Crippen LogP contribution in [0.15, 0.2) is 42.5 Å². The Morgan fingerprint density at radius 1 is 1.15 bits per heavy atom. The lowest BCUT2D eigenvalue weighted by molar-refractivity contribution is -0.109. The van der Waals surface area contributed by atoms with Gasteiger partial charge < -0.3 is 10.1 Å². The van der Waals surface area contributed by atoms with Crippen molar-refractivity contribution in [3.63, 3.8) is 0 Å². The van der Waals surface area contributed by atoms with Gasteiger partial charge in [0.2, 0.25) is 6.41 Å². The van der Waals surface area contributed by atoms with Crippen LogP contribution in [0.25, 0.3) is 0 Å². The van der Waals surface area contributed by atoms with Crippen molar-refractivity contribution < 1.29 is 13.9 Å². The Morgan fingerprint density at radius 3 is 2.67 bits per heavy atom. The maximum absolute atomic E-state index is 14.8. The van der Waals surface area contributed by atoms with E-state index in [9.17, 15) is 9.18 Å². The van der Waals surface area contributed by atoms with Crippen LogP contribution in [0.2, 0.25) is 0 Å². The number of carbonyl (C=O) groups is 1. The summed E-state index contributed by atoms with van der Waals surface area (Å²) in [5.74, 6) is 1.48. The molecular weight excluding hydrogens is 343 g/mol. The van der Waals surface area contributed by atoms with Gasteiger partial charge in [-0.05, 0) is 53.1 Å². The van der Waals surface area contributed by atoms with Gasteiger partial charge >= 0.3 is 0 Å². The topological polar surface area (TPSA) is 41.6 Å². The van der Waals surface area contributed by atoms with Crippen molar-refractivity contribution in [2.45, 2.75) is 38.6 Å². The maximum atomic E-state index is 14.8. The van der Waals surface area contributed by atoms with Gasteiger partial charge in [-0.15, -0.1) is 0 Å². The molecule has 0 bridgehead atoms. The van der Waals surface area contributed by atoms with Gasteiger partial charge in [0.25, 0.3) is 0 Å². The van der Waals surface area contributed by atoms with Gasteiger partial charge in [-0.25, -0.2) is 4.39 Å². The number of fused-ring (bicyclic) bond motifs is 1. The third-order valence-electron chi connectivity index (χ3n) is 5.27. The van der Waals surface area contributed by atoms with Crippen LogP contribution < -0.4 is 10.1 Å². The van der Waals surface area contributed by atoms with Crippen molar-refractivity contribution in [3.05, 3.63) is 64.7 Å². The summed E-state index contributed by atoms with van der Waals surface area (Å²) in [7, 11) is 0. The van der Waals surface area contributed by atoms with Gasteiger partial charge in [-0.3, -0.25) is 9.69 Å². The lowest BCUT2D eigenvalue weighted by atomic mass is 9.97. The van der Waals surface area contributed by atoms with E-state index < -0.39 is 6.17 Å². The van der Waals surface area contributed by atoms with Crippen LogP contribution in [0.4, 0.5) is 4.39 Å². The molecule has 2 aromatic carbocycles. The van der Waals surface area contributed by atoms with Crippen LogP contribution in [0, 0.1) is 5.92 Å². The van der Waals surface area contributed by atoms with E-state index in [-0.39, 0.29) is 0 Å². The fourth-order valence-electron chi connectivity index (χ4n) is 3.53. The summed E-state index contributed by atoms with van der Waals surface area (Å²) < 4.78 is 20.6. The average Bonchev–Trinajstić information content (AvgIpc) is 3.51. The minimum Gasteiger partial charge on any atom is -0.493 e. The predicted molar refractivity (Wildman–Crippen MR) is 102 cm³/mol. The summed E-state index contributed by atoms with van der Waals surface area (Å²) in [6.45, 7) is 3.13. The number of nitrogens with zero attached hydrogens (tertiary/aromatic N) is 1. The molecule has 1 aliphatic carbocycles. The summed E-state index contributed by atoms with van der Waals surface area (Å²) in [4.78, 5) is 12.5. The lowest BCUT2D eigenvalue weighted by Crippen LogP contribution is -2.31. The summed E-state index contributed by atoms with van der Waals surface area (Å²) >= 11 is 0.